The monoisotopic (exact) mass is 544 g/mol. The van der Waals surface area contributed by atoms with Gasteiger partial charge in [-0.3, -0.25) is 19.5 Å². The highest BCUT2D eigenvalue weighted by Gasteiger charge is 2.38. The van der Waals surface area contributed by atoms with Crippen molar-refractivity contribution in [3.05, 3.63) is 52.3 Å². The Balaban J connectivity index is 1.36. The maximum absolute atomic E-state index is 13.4. The van der Waals surface area contributed by atoms with E-state index in [1.165, 1.54) is 0 Å². The third-order valence-corrected chi connectivity index (χ3v) is 8.51. The van der Waals surface area contributed by atoms with Crippen molar-refractivity contribution < 1.29 is 9.59 Å². The number of aromatic nitrogens is 1. The summed E-state index contributed by atoms with van der Waals surface area (Å²) in [5, 5.41) is 1.07. The first kappa shape index (κ1) is 27.9. The summed E-state index contributed by atoms with van der Waals surface area (Å²) in [6.07, 6.45) is 4.29. The molecule has 2 aliphatic heterocycles. The highest BCUT2D eigenvalue weighted by molar-refractivity contribution is 6.42. The van der Waals surface area contributed by atoms with Crippen LogP contribution in [0.4, 0.5) is 0 Å². The molecule has 200 valence electrons. The molecule has 1 aromatic heterocycles. The number of piperidine rings is 1. The van der Waals surface area contributed by atoms with Gasteiger partial charge in [-0.25, -0.2) is 0 Å². The number of hydrogen-bond acceptors (Lipinski definition) is 4. The van der Waals surface area contributed by atoms with Crippen LogP contribution in [0.1, 0.15) is 52.7 Å². The zero-order valence-electron chi connectivity index (χ0n) is 22.3. The van der Waals surface area contributed by atoms with Gasteiger partial charge >= 0.3 is 0 Å². The highest BCUT2D eigenvalue weighted by Crippen LogP contribution is 2.31. The number of rotatable bonds is 5. The minimum absolute atomic E-state index is 0.0303. The van der Waals surface area contributed by atoms with Crippen LogP contribution in [0.3, 0.4) is 0 Å². The van der Waals surface area contributed by atoms with Crippen molar-refractivity contribution in [1.82, 2.24) is 19.7 Å². The summed E-state index contributed by atoms with van der Waals surface area (Å²) in [5.41, 5.74) is 2.96. The molecule has 4 rings (SSSR count). The van der Waals surface area contributed by atoms with Gasteiger partial charge in [0.05, 0.1) is 15.7 Å². The van der Waals surface area contributed by atoms with Gasteiger partial charge in [-0.2, -0.15) is 0 Å². The molecule has 1 atom stereocenters. The van der Waals surface area contributed by atoms with E-state index in [1.54, 1.807) is 13.0 Å². The van der Waals surface area contributed by atoms with E-state index in [2.05, 4.69) is 42.7 Å². The summed E-state index contributed by atoms with van der Waals surface area (Å²) in [6, 6.07) is 9.88. The van der Waals surface area contributed by atoms with Crippen LogP contribution in [0.15, 0.2) is 36.5 Å². The lowest BCUT2D eigenvalue weighted by atomic mass is 9.83. The molecule has 6 nitrogen and oxygen atoms in total. The van der Waals surface area contributed by atoms with Gasteiger partial charge in [-0.1, -0.05) is 56.1 Å². The van der Waals surface area contributed by atoms with E-state index in [0.29, 0.717) is 22.4 Å². The Bertz CT molecular complexity index is 1110. The summed E-state index contributed by atoms with van der Waals surface area (Å²) < 4.78 is 0. The van der Waals surface area contributed by atoms with Crippen LogP contribution in [-0.2, 0) is 16.1 Å². The molecule has 0 bridgehead atoms. The fourth-order valence-electron chi connectivity index (χ4n) is 5.43. The molecular formula is C29H38Cl2N4O2. The second-order valence-electron chi connectivity index (χ2n) is 11.5. The summed E-state index contributed by atoms with van der Waals surface area (Å²) in [6.45, 7) is 12.9. The van der Waals surface area contributed by atoms with Crippen LogP contribution in [-0.4, -0.2) is 70.3 Å². The number of nitrogens with zero attached hydrogens (tertiary/aromatic N) is 4. The maximum atomic E-state index is 13.4. The molecule has 0 radical (unpaired) electrons. The molecular weight excluding hydrogens is 507 g/mol. The molecule has 2 amide bonds. The first-order valence-electron chi connectivity index (χ1n) is 13.2. The fourth-order valence-corrected chi connectivity index (χ4v) is 5.73. The van der Waals surface area contributed by atoms with Crippen LogP contribution >= 0.6 is 23.2 Å². The number of benzene rings is 1. The van der Waals surface area contributed by atoms with E-state index in [0.717, 1.165) is 68.9 Å². The minimum Gasteiger partial charge on any atom is -0.343 e. The Labute approximate surface area is 230 Å². The van der Waals surface area contributed by atoms with Crippen molar-refractivity contribution in [2.24, 2.45) is 11.3 Å². The van der Waals surface area contributed by atoms with E-state index < -0.39 is 0 Å². The molecule has 2 saturated heterocycles. The Morgan fingerprint density at radius 1 is 0.973 bits per heavy atom. The summed E-state index contributed by atoms with van der Waals surface area (Å²) in [5.74, 6) is 0.747. The third-order valence-electron chi connectivity index (χ3n) is 7.77. The smallest absolute Gasteiger partial charge is 0.223 e. The highest BCUT2D eigenvalue weighted by atomic mass is 35.5. The maximum Gasteiger partial charge on any atom is 0.223 e. The van der Waals surface area contributed by atoms with Crippen molar-refractivity contribution in [3.8, 4) is 11.1 Å². The van der Waals surface area contributed by atoms with Gasteiger partial charge in [0, 0.05) is 70.4 Å². The summed E-state index contributed by atoms with van der Waals surface area (Å²) >= 11 is 12.2. The van der Waals surface area contributed by atoms with Crippen LogP contribution < -0.4 is 0 Å². The summed E-state index contributed by atoms with van der Waals surface area (Å²) in [4.78, 5) is 36.2. The summed E-state index contributed by atoms with van der Waals surface area (Å²) in [7, 11) is 0. The van der Waals surface area contributed by atoms with Gasteiger partial charge in [0.2, 0.25) is 11.8 Å². The second-order valence-corrected chi connectivity index (χ2v) is 12.3. The molecule has 3 heterocycles. The average Bonchev–Trinajstić information content (AvgIpc) is 2.86. The van der Waals surface area contributed by atoms with Gasteiger partial charge in [0.25, 0.3) is 0 Å². The zero-order valence-corrected chi connectivity index (χ0v) is 23.9. The SMILES string of the molecule is CC(=O)N1CCC(CC(=O)N2CCN(Cc3ccc(-c4ccc(Cl)c(Cl)c4)cn3)C[C@@H]2C(C)(C)C)CC1. The standard InChI is InChI=1S/C29H38Cl2N4O2/c1-20(36)34-11-9-21(10-12-34)15-28(37)35-14-13-33(19-27(35)29(2,3)4)18-24-7-5-23(17-32-24)22-6-8-25(30)26(31)16-22/h5-8,16-17,21,27H,9-15,18-19H2,1-4H3/t27-/m1/s1. The number of piperazine rings is 1. The number of likely N-dealkylation sites (tertiary alicyclic amines) is 1. The molecule has 0 aliphatic carbocycles. The van der Waals surface area contributed by atoms with E-state index in [4.69, 9.17) is 28.2 Å². The first-order valence-corrected chi connectivity index (χ1v) is 13.9. The zero-order chi connectivity index (χ0) is 26.7. The van der Waals surface area contributed by atoms with Crippen LogP contribution in [0.2, 0.25) is 10.0 Å². The molecule has 0 spiro atoms. The predicted octanol–water partition coefficient (Wildman–Crippen LogP) is 5.76. The lowest BCUT2D eigenvalue weighted by molar-refractivity contribution is -0.141. The normalized spacial score (nSPS) is 19.8. The van der Waals surface area contributed by atoms with Crippen molar-refractivity contribution in [2.45, 2.75) is 59.5 Å². The van der Waals surface area contributed by atoms with Crippen molar-refractivity contribution >= 4 is 35.0 Å². The van der Waals surface area contributed by atoms with Crippen molar-refractivity contribution in [1.29, 1.82) is 0 Å². The first-order chi connectivity index (χ1) is 17.5. The Morgan fingerprint density at radius 3 is 2.27 bits per heavy atom. The van der Waals surface area contributed by atoms with E-state index in [-0.39, 0.29) is 23.3 Å². The Hall–Kier alpha value is -2.15. The molecule has 2 aromatic rings. The molecule has 8 heteroatoms. The number of carbonyl (C=O) groups excluding carboxylic acids is 2. The largest absolute Gasteiger partial charge is 0.343 e. The van der Waals surface area contributed by atoms with E-state index >= 15 is 0 Å². The van der Waals surface area contributed by atoms with Gasteiger partial charge < -0.3 is 9.80 Å². The topological polar surface area (TPSA) is 56.8 Å². The molecule has 2 aliphatic rings. The van der Waals surface area contributed by atoms with Crippen LogP contribution in [0, 0.1) is 11.3 Å². The number of pyridine rings is 1. The molecule has 0 saturated carbocycles. The second kappa shape index (κ2) is 11.7. The molecule has 0 unspecified atom stereocenters. The number of halogens is 2. The molecule has 1 aromatic carbocycles. The minimum atomic E-state index is -0.0303. The average molecular weight is 546 g/mol. The van der Waals surface area contributed by atoms with E-state index in [9.17, 15) is 9.59 Å². The quantitative estimate of drug-likeness (QED) is 0.479. The third kappa shape index (κ3) is 7.04. The molecule has 37 heavy (non-hydrogen) atoms. The van der Waals surface area contributed by atoms with Gasteiger partial charge in [-0.05, 0) is 47.9 Å². The molecule has 2 fully saturated rings. The fraction of sp³-hybridized carbons (Fsp3) is 0.552. The number of amides is 2. The van der Waals surface area contributed by atoms with Gasteiger partial charge in [-0.15, -0.1) is 0 Å². The number of carbonyl (C=O) groups is 2. The van der Waals surface area contributed by atoms with Crippen LogP contribution in [0.5, 0.6) is 0 Å². The Morgan fingerprint density at radius 2 is 1.68 bits per heavy atom. The van der Waals surface area contributed by atoms with Crippen molar-refractivity contribution in [2.75, 3.05) is 32.7 Å². The van der Waals surface area contributed by atoms with Gasteiger partial charge in [0.15, 0.2) is 0 Å². The Kier molecular flexibility index (Phi) is 8.82. The van der Waals surface area contributed by atoms with E-state index in [1.807, 2.05) is 23.2 Å². The number of hydrogen-bond donors (Lipinski definition) is 0. The van der Waals surface area contributed by atoms with Gasteiger partial charge in [0.1, 0.15) is 0 Å². The lowest BCUT2D eigenvalue weighted by Gasteiger charge is -2.47. The van der Waals surface area contributed by atoms with Crippen LogP contribution in [0.25, 0.3) is 11.1 Å². The predicted molar refractivity (Wildman–Crippen MR) is 150 cm³/mol. The lowest BCUT2D eigenvalue weighted by Crippen LogP contribution is -2.59. The van der Waals surface area contributed by atoms with Crippen molar-refractivity contribution in [3.63, 3.8) is 0 Å². The molecule has 0 N–H and O–H groups in total.